The molecule has 2 rings (SSSR count). The van der Waals surface area contributed by atoms with Crippen LogP contribution in [0.2, 0.25) is 0 Å². The van der Waals surface area contributed by atoms with Gasteiger partial charge in [-0.1, -0.05) is 11.3 Å². The Hall–Kier alpha value is -2.09. The Labute approximate surface area is 108 Å². The molecule has 1 amide bonds. The summed E-state index contributed by atoms with van der Waals surface area (Å²) in [5.74, 6) is -0.0313. The maximum Gasteiger partial charge on any atom is 0.269 e. The number of nitrogens with two attached hydrogens (primary N) is 1. The average Bonchev–Trinajstić information content (AvgIpc) is 2.85. The molecule has 2 aromatic heterocycles. The number of nitrogen functional groups attached to an aromatic ring is 1. The van der Waals surface area contributed by atoms with Gasteiger partial charge in [0.1, 0.15) is 10.7 Å². The van der Waals surface area contributed by atoms with Crippen LogP contribution in [0.5, 0.6) is 0 Å². The van der Waals surface area contributed by atoms with E-state index >= 15 is 0 Å². The summed E-state index contributed by atoms with van der Waals surface area (Å²) in [6.45, 7) is 0. The number of rotatable bonds is 3. The maximum atomic E-state index is 12.0. The first-order valence-corrected chi connectivity index (χ1v) is 6.02. The van der Waals surface area contributed by atoms with Crippen LogP contribution in [-0.4, -0.2) is 34.8 Å². The molecule has 0 fully saturated rings. The fourth-order valence-corrected chi connectivity index (χ4v) is 2.15. The third-order valence-electron chi connectivity index (χ3n) is 2.19. The molecule has 18 heavy (non-hydrogen) atoms. The zero-order valence-corrected chi connectivity index (χ0v) is 11.2. The van der Waals surface area contributed by atoms with Crippen molar-refractivity contribution in [3.8, 4) is 0 Å². The van der Waals surface area contributed by atoms with Crippen molar-refractivity contribution in [1.29, 1.82) is 0 Å². The first kappa shape index (κ1) is 12.4. The van der Waals surface area contributed by atoms with Crippen molar-refractivity contribution in [2.45, 2.75) is 0 Å². The summed E-state index contributed by atoms with van der Waals surface area (Å²) in [5, 5.41) is 7.39. The van der Waals surface area contributed by atoms with Gasteiger partial charge in [-0.15, -0.1) is 0 Å². The lowest BCUT2D eigenvalue weighted by Crippen LogP contribution is -2.11. The van der Waals surface area contributed by atoms with Gasteiger partial charge in [-0.2, -0.15) is 5.10 Å². The van der Waals surface area contributed by atoms with E-state index in [0.717, 1.165) is 0 Å². The summed E-state index contributed by atoms with van der Waals surface area (Å²) in [7, 11) is 5.48. The van der Waals surface area contributed by atoms with E-state index in [0.29, 0.717) is 15.7 Å². The van der Waals surface area contributed by atoms with E-state index in [1.54, 1.807) is 24.1 Å². The number of anilines is 3. The highest BCUT2D eigenvalue weighted by molar-refractivity contribution is 7.18. The topological polar surface area (TPSA) is 89.1 Å². The lowest BCUT2D eigenvalue weighted by Gasteiger charge is -2.04. The van der Waals surface area contributed by atoms with Crippen molar-refractivity contribution in [3.05, 3.63) is 17.3 Å². The fraction of sp³-hybridized carbons (Fsp3) is 0.300. The number of carbonyl (C=O) groups is 1. The highest BCUT2D eigenvalue weighted by Gasteiger charge is 2.17. The Balaban J connectivity index is 2.18. The van der Waals surface area contributed by atoms with Gasteiger partial charge in [0.15, 0.2) is 5.13 Å². The molecule has 0 unspecified atom stereocenters. The molecular formula is C10H14N6OS. The van der Waals surface area contributed by atoms with E-state index in [9.17, 15) is 4.79 Å². The molecule has 8 heteroatoms. The summed E-state index contributed by atoms with van der Waals surface area (Å²) in [4.78, 5) is 18.3. The molecule has 96 valence electrons. The average molecular weight is 266 g/mol. The standard InChI is InChI=1S/C10H14N6OS/c1-15(2)10-14-8(11)7(18-10)9(17)13-6-4-12-16(3)5-6/h4-5H,11H2,1-3H3,(H,13,17). The molecular weight excluding hydrogens is 252 g/mol. The Morgan fingerprint density at radius 1 is 1.56 bits per heavy atom. The smallest absolute Gasteiger partial charge is 0.269 e. The van der Waals surface area contributed by atoms with Gasteiger partial charge in [-0.05, 0) is 0 Å². The Morgan fingerprint density at radius 3 is 2.78 bits per heavy atom. The van der Waals surface area contributed by atoms with E-state index < -0.39 is 0 Å². The molecule has 7 nitrogen and oxygen atoms in total. The van der Waals surface area contributed by atoms with Crippen molar-refractivity contribution in [2.75, 3.05) is 30.0 Å². The van der Waals surface area contributed by atoms with E-state index in [1.807, 2.05) is 19.0 Å². The summed E-state index contributed by atoms with van der Waals surface area (Å²) in [6, 6.07) is 0. The maximum absolute atomic E-state index is 12.0. The highest BCUT2D eigenvalue weighted by Crippen LogP contribution is 2.27. The minimum atomic E-state index is -0.272. The molecule has 0 atom stereocenters. The number of amides is 1. The Bertz CT molecular complexity index is 573. The molecule has 0 saturated carbocycles. The third-order valence-corrected chi connectivity index (χ3v) is 3.43. The van der Waals surface area contributed by atoms with Crippen LogP contribution in [0.3, 0.4) is 0 Å². The van der Waals surface area contributed by atoms with E-state index in [-0.39, 0.29) is 11.7 Å². The van der Waals surface area contributed by atoms with Gasteiger partial charge in [-0.25, -0.2) is 4.98 Å². The molecule has 0 radical (unpaired) electrons. The first-order chi connectivity index (χ1) is 8.47. The molecule has 2 aromatic rings. The van der Waals surface area contributed by atoms with Crippen LogP contribution in [-0.2, 0) is 7.05 Å². The molecule has 0 bridgehead atoms. The monoisotopic (exact) mass is 266 g/mol. The summed E-state index contributed by atoms with van der Waals surface area (Å²) in [6.07, 6.45) is 3.28. The number of aryl methyl sites for hydroxylation is 1. The predicted octanol–water partition coefficient (Wildman–Crippen LogP) is 0.777. The molecule has 0 aliphatic rings. The van der Waals surface area contributed by atoms with Crippen molar-refractivity contribution in [1.82, 2.24) is 14.8 Å². The molecule has 0 aliphatic carbocycles. The molecule has 0 aromatic carbocycles. The quantitative estimate of drug-likeness (QED) is 0.857. The van der Waals surface area contributed by atoms with E-state index in [4.69, 9.17) is 5.73 Å². The number of nitrogens with zero attached hydrogens (tertiary/aromatic N) is 4. The lowest BCUT2D eigenvalue weighted by molar-refractivity contribution is 0.103. The van der Waals surface area contributed by atoms with Crippen LogP contribution >= 0.6 is 11.3 Å². The Kier molecular flexibility index (Phi) is 3.19. The number of carbonyl (C=O) groups excluding carboxylic acids is 1. The summed E-state index contributed by atoms with van der Waals surface area (Å²) >= 11 is 1.25. The second-order valence-electron chi connectivity index (χ2n) is 3.96. The van der Waals surface area contributed by atoms with Crippen molar-refractivity contribution < 1.29 is 4.79 Å². The van der Waals surface area contributed by atoms with Gasteiger partial charge in [0, 0.05) is 27.3 Å². The van der Waals surface area contributed by atoms with Crippen LogP contribution in [0.1, 0.15) is 9.67 Å². The van der Waals surface area contributed by atoms with Gasteiger partial charge in [0.2, 0.25) is 0 Å². The molecule has 0 saturated heterocycles. The van der Waals surface area contributed by atoms with Crippen LogP contribution in [0.15, 0.2) is 12.4 Å². The minimum Gasteiger partial charge on any atom is -0.382 e. The third kappa shape index (κ3) is 2.43. The van der Waals surface area contributed by atoms with E-state index in [2.05, 4.69) is 15.4 Å². The predicted molar refractivity (Wildman–Crippen MR) is 72.0 cm³/mol. The lowest BCUT2D eigenvalue weighted by atomic mass is 10.4. The molecule has 3 N–H and O–H groups in total. The number of hydrogen-bond donors (Lipinski definition) is 2. The number of hydrogen-bond acceptors (Lipinski definition) is 6. The zero-order chi connectivity index (χ0) is 13.3. The van der Waals surface area contributed by atoms with Gasteiger partial charge in [-0.3, -0.25) is 9.48 Å². The summed E-state index contributed by atoms with van der Waals surface area (Å²) in [5.41, 5.74) is 6.36. The highest BCUT2D eigenvalue weighted by atomic mass is 32.1. The van der Waals surface area contributed by atoms with Crippen LogP contribution < -0.4 is 16.0 Å². The van der Waals surface area contributed by atoms with Gasteiger partial charge >= 0.3 is 0 Å². The first-order valence-electron chi connectivity index (χ1n) is 5.21. The second-order valence-corrected chi connectivity index (χ2v) is 4.94. The van der Waals surface area contributed by atoms with Crippen LogP contribution in [0.4, 0.5) is 16.6 Å². The molecule has 2 heterocycles. The Morgan fingerprint density at radius 2 is 2.28 bits per heavy atom. The van der Waals surface area contributed by atoms with Gasteiger partial charge in [0.05, 0.1) is 11.9 Å². The van der Waals surface area contributed by atoms with E-state index in [1.165, 1.54) is 11.3 Å². The normalized spacial score (nSPS) is 10.4. The fourth-order valence-electron chi connectivity index (χ4n) is 1.35. The molecule has 0 spiro atoms. The van der Waals surface area contributed by atoms with Crippen LogP contribution in [0.25, 0.3) is 0 Å². The number of aromatic nitrogens is 3. The second kappa shape index (κ2) is 4.65. The molecule has 0 aliphatic heterocycles. The van der Waals surface area contributed by atoms with Gasteiger partial charge in [0.25, 0.3) is 5.91 Å². The van der Waals surface area contributed by atoms with Gasteiger partial charge < -0.3 is 16.0 Å². The van der Waals surface area contributed by atoms with Crippen molar-refractivity contribution in [2.24, 2.45) is 7.05 Å². The zero-order valence-electron chi connectivity index (χ0n) is 10.3. The SMILES string of the molecule is CN(C)c1nc(N)c(C(=O)Nc2cnn(C)c2)s1. The largest absolute Gasteiger partial charge is 0.382 e. The number of nitrogens with one attached hydrogen (secondary N) is 1. The number of thiazole rings is 1. The minimum absolute atomic E-state index is 0.241. The van der Waals surface area contributed by atoms with Crippen LogP contribution in [0, 0.1) is 0 Å². The van der Waals surface area contributed by atoms with Crippen molar-refractivity contribution >= 4 is 33.9 Å². The van der Waals surface area contributed by atoms with Crippen molar-refractivity contribution in [3.63, 3.8) is 0 Å². The summed E-state index contributed by atoms with van der Waals surface area (Å²) < 4.78 is 1.61.